The van der Waals surface area contributed by atoms with Crippen LogP contribution < -0.4 is 0 Å². The Balaban J connectivity index is 3.68. The minimum absolute atomic E-state index is 0.639. The number of alkyl halides is 10. The van der Waals surface area contributed by atoms with Gasteiger partial charge < -0.3 is 14.6 Å². The maximum absolute atomic E-state index is 13.8. The van der Waals surface area contributed by atoms with Crippen LogP contribution in [0.15, 0.2) is 12.2 Å². The number of aliphatic hydroxyl groups is 1. The monoisotopic (exact) mass is 394 g/mol. The summed E-state index contributed by atoms with van der Waals surface area (Å²) in [4.78, 5) is 11.2. The third-order valence-electron chi connectivity index (χ3n) is 3.04. The van der Waals surface area contributed by atoms with Crippen LogP contribution >= 0.6 is 0 Å². The van der Waals surface area contributed by atoms with Gasteiger partial charge in [0, 0.05) is 5.57 Å². The molecule has 1 fully saturated rings. The molecule has 0 aromatic heterocycles. The van der Waals surface area contributed by atoms with Gasteiger partial charge in [-0.2, -0.15) is 35.1 Å². The van der Waals surface area contributed by atoms with Gasteiger partial charge in [-0.05, 0) is 6.92 Å². The first-order valence-corrected chi connectivity index (χ1v) is 5.96. The molecule has 146 valence electrons. The number of halogens is 10. The molecule has 0 aromatic rings. The Morgan fingerprint density at radius 3 is 1.88 bits per heavy atom. The summed E-state index contributed by atoms with van der Waals surface area (Å²) in [6.45, 7) is 3.36. The highest BCUT2D eigenvalue weighted by molar-refractivity contribution is 5.87. The molecular weight excluding hydrogens is 386 g/mol. The van der Waals surface area contributed by atoms with E-state index in [9.17, 15) is 48.7 Å². The SMILES string of the molecule is C=C(C)C(=O)OC1(C(F)(F)F)OC(C(F)(F)F)C(F)(F)C(O)C1(F)F. The van der Waals surface area contributed by atoms with Gasteiger partial charge in [-0.15, -0.1) is 0 Å². The molecule has 3 unspecified atom stereocenters. The van der Waals surface area contributed by atoms with E-state index in [0.29, 0.717) is 6.92 Å². The lowest BCUT2D eigenvalue weighted by Gasteiger charge is -2.50. The maximum atomic E-state index is 13.8. The Morgan fingerprint density at radius 2 is 1.56 bits per heavy atom. The van der Waals surface area contributed by atoms with Gasteiger partial charge in [0.05, 0.1) is 0 Å². The fourth-order valence-corrected chi connectivity index (χ4v) is 1.80. The lowest BCUT2D eigenvalue weighted by molar-refractivity contribution is -0.511. The number of carbonyl (C=O) groups excluding carboxylic acids is 1. The second-order valence-electron chi connectivity index (χ2n) is 5.02. The Hall–Kier alpha value is -1.57. The number of hydrogen-bond donors (Lipinski definition) is 1. The van der Waals surface area contributed by atoms with Gasteiger partial charge in [-0.1, -0.05) is 6.58 Å². The quantitative estimate of drug-likeness (QED) is 0.445. The molecule has 0 aromatic carbocycles. The van der Waals surface area contributed by atoms with E-state index in [2.05, 4.69) is 16.1 Å². The van der Waals surface area contributed by atoms with Crippen LogP contribution in [-0.4, -0.2) is 53.3 Å². The summed E-state index contributed by atoms with van der Waals surface area (Å²) in [5.41, 5.74) is -0.988. The minimum Gasteiger partial charge on any atom is -0.414 e. The van der Waals surface area contributed by atoms with Crippen LogP contribution in [-0.2, 0) is 14.3 Å². The molecule has 0 aliphatic carbocycles. The summed E-state index contributed by atoms with van der Waals surface area (Å²) in [7, 11) is 0. The van der Waals surface area contributed by atoms with Crippen molar-refractivity contribution < 1.29 is 63.3 Å². The molecule has 1 saturated heterocycles. The number of aliphatic hydroxyl groups excluding tert-OH is 1. The standard InChI is InChI=1S/C11H8F10O4/c1-3(2)4(22)24-10(11(19,20)21)8(14,15)5(23)7(12,13)6(25-10)9(16,17)18/h5-6,23H,1H2,2H3. The van der Waals surface area contributed by atoms with Crippen LogP contribution in [0.25, 0.3) is 0 Å². The van der Waals surface area contributed by atoms with Gasteiger partial charge in [0.25, 0.3) is 0 Å². The average molecular weight is 394 g/mol. The topological polar surface area (TPSA) is 55.8 Å². The highest BCUT2D eigenvalue weighted by Crippen LogP contribution is 2.58. The van der Waals surface area contributed by atoms with E-state index in [-0.39, 0.29) is 0 Å². The van der Waals surface area contributed by atoms with Crippen molar-refractivity contribution in [2.24, 2.45) is 0 Å². The molecule has 1 N–H and O–H groups in total. The molecule has 1 rings (SSSR count). The average Bonchev–Trinajstić information content (AvgIpc) is 2.37. The number of esters is 1. The van der Waals surface area contributed by atoms with Crippen molar-refractivity contribution >= 4 is 5.97 Å². The first kappa shape index (κ1) is 21.5. The molecule has 0 spiro atoms. The zero-order chi connectivity index (χ0) is 20.2. The molecule has 14 heteroatoms. The lowest BCUT2D eigenvalue weighted by atomic mass is 9.89. The zero-order valence-electron chi connectivity index (χ0n) is 11.8. The fourth-order valence-electron chi connectivity index (χ4n) is 1.80. The van der Waals surface area contributed by atoms with Crippen molar-refractivity contribution in [2.45, 2.75) is 49.1 Å². The highest BCUT2D eigenvalue weighted by Gasteiger charge is 2.87. The third-order valence-corrected chi connectivity index (χ3v) is 3.04. The largest absolute Gasteiger partial charge is 0.462 e. The van der Waals surface area contributed by atoms with Gasteiger partial charge >= 0.3 is 36.0 Å². The normalized spacial score (nSPS) is 32.2. The number of rotatable bonds is 2. The number of hydrogen-bond acceptors (Lipinski definition) is 4. The first-order valence-electron chi connectivity index (χ1n) is 5.96. The molecule has 3 atom stereocenters. The summed E-state index contributed by atoms with van der Waals surface area (Å²) >= 11 is 0. The van der Waals surface area contributed by atoms with E-state index in [0.717, 1.165) is 0 Å². The predicted octanol–water partition coefficient (Wildman–Crippen LogP) is 2.96. The lowest BCUT2D eigenvalue weighted by Crippen LogP contribution is -2.78. The number of ether oxygens (including phenoxy) is 2. The Morgan fingerprint density at radius 1 is 1.12 bits per heavy atom. The summed E-state index contributed by atoms with van der Waals surface area (Å²) in [6, 6.07) is 0. The molecule has 1 heterocycles. The summed E-state index contributed by atoms with van der Waals surface area (Å²) < 4.78 is 138. The Bertz CT molecular complexity index is 566. The van der Waals surface area contributed by atoms with Crippen LogP contribution in [0.3, 0.4) is 0 Å². The Labute approximate surface area is 132 Å². The molecule has 25 heavy (non-hydrogen) atoms. The summed E-state index contributed by atoms with van der Waals surface area (Å²) in [6.07, 6.45) is -22.6. The van der Waals surface area contributed by atoms with Crippen molar-refractivity contribution in [2.75, 3.05) is 0 Å². The van der Waals surface area contributed by atoms with Crippen molar-refractivity contribution in [1.29, 1.82) is 0 Å². The molecule has 0 saturated carbocycles. The molecule has 0 bridgehead atoms. The first-order chi connectivity index (χ1) is 10.8. The van der Waals surface area contributed by atoms with Crippen LogP contribution in [0.1, 0.15) is 6.92 Å². The molecule has 0 radical (unpaired) electrons. The van der Waals surface area contributed by atoms with Crippen LogP contribution in [0.4, 0.5) is 43.9 Å². The van der Waals surface area contributed by atoms with Crippen molar-refractivity contribution in [3.8, 4) is 0 Å². The van der Waals surface area contributed by atoms with Gasteiger partial charge in [-0.3, -0.25) is 0 Å². The third kappa shape index (κ3) is 3.16. The van der Waals surface area contributed by atoms with Crippen LogP contribution in [0, 0.1) is 0 Å². The van der Waals surface area contributed by atoms with E-state index in [1.807, 2.05) is 0 Å². The molecular formula is C11H8F10O4. The maximum Gasteiger partial charge on any atom is 0.462 e. The molecule has 0 amide bonds. The summed E-state index contributed by atoms with van der Waals surface area (Å²) in [5.74, 6) is -20.2. The fraction of sp³-hybridized carbons (Fsp3) is 0.727. The van der Waals surface area contributed by atoms with Crippen molar-refractivity contribution in [3.05, 3.63) is 12.2 Å². The van der Waals surface area contributed by atoms with E-state index < -0.39 is 53.7 Å². The predicted molar refractivity (Wildman–Crippen MR) is 56.5 cm³/mol. The van der Waals surface area contributed by atoms with Crippen LogP contribution in [0.5, 0.6) is 0 Å². The second-order valence-corrected chi connectivity index (χ2v) is 5.02. The van der Waals surface area contributed by atoms with Gasteiger partial charge in [-0.25, -0.2) is 13.6 Å². The van der Waals surface area contributed by atoms with E-state index in [4.69, 9.17) is 5.11 Å². The summed E-state index contributed by atoms with van der Waals surface area (Å²) in [5, 5.41) is 8.86. The smallest absolute Gasteiger partial charge is 0.414 e. The van der Waals surface area contributed by atoms with E-state index in [1.54, 1.807) is 0 Å². The van der Waals surface area contributed by atoms with Gasteiger partial charge in [0.15, 0.2) is 6.10 Å². The van der Waals surface area contributed by atoms with Gasteiger partial charge in [0.1, 0.15) is 0 Å². The molecule has 1 aliphatic rings. The second kappa shape index (κ2) is 5.72. The van der Waals surface area contributed by atoms with E-state index >= 15 is 0 Å². The zero-order valence-corrected chi connectivity index (χ0v) is 11.8. The van der Waals surface area contributed by atoms with E-state index in [1.165, 1.54) is 0 Å². The highest BCUT2D eigenvalue weighted by atomic mass is 19.4. The van der Waals surface area contributed by atoms with Crippen molar-refractivity contribution in [1.82, 2.24) is 0 Å². The Kier molecular flexibility index (Phi) is 4.91. The molecule has 1 aliphatic heterocycles. The van der Waals surface area contributed by atoms with Crippen LogP contribution in [0.2, 0.25) is 0 Å². The minimum atomic E-state index is -6.64. The molecule has 4 nitrogen and oxygen atoms in total. The number of carbonyl (C=O) groups is 1. The van der Waals surface area contributed by atoms with Crippen molar-refractivity contribution in [3.63, 3.8) is 0 Å². The van der Waals surface area contributed by atoms with Gasteiger partial charge in [0.2, 0.25) is 6.10 Å².